The summed E-state index contributed by atoms with van der Waals surface area (Å²) < 4.78 is 0. The van der Waals surface area contributed by atoms with Crippen LogP contribution in [0.5, 0.6) is 0 Å². The van der Waals surface area contributed by atoms with Gasteiger partial charge in [-0.15, -0.1) is 0 Å². The standard InChI is InChI=1S/C21H23N3O/c1-14-3-7-16(8-4-14)11-12-18-20(21(22)25)19(24-23-18)13-17-9-5-15(2)6-10-17/h3-10H,11-13H2,1-2H3,(H2,22,25)(H,23,24). The lowest BCUT2D eigenvalue weighted by molar-refractivity contribution is 0.0998. The topological polar surface area (TPSA) is 71.8 Å². The number of carbonyl (C=O) groups is 1. The number of rotatable bonds is 6. The van der Waals surface area contributed by atoms with Crippen molar-refractivity contribution in [1.29, 1.82) is 0 Å². The van der Waals surface area contributed by atoms with E-state index in [4.69, 9.17) is 5.73 Å². The average Bonchev–Trinajstić information content (AvgIpc) is 2.99. The van der Waals surface area contributed by atoms with E-state index in [1.54, 1.807) is 0 Å². The van der Waals surface area contributed by atoms with Gasteiger partial charge in [0.05, 0.1) is 17.0 Å². The van der Waals surface area contributed by atoms with E-state index in [2.05, 4.69) is 72.6 Å². The molecule has 25 heavy (non-hydrogen) atoms. The van der Waals surface area contributed by atoms with Crippen molar-refractivity contribution in [3.05, 3.63) is 87.7 Å². The molecule has 1 heterocycles. The SMILES string of the molecule is Cc1ccc(CCc2n[nH]c(Cc3ccc(C)cc3)c2C(N)=O)cc1. The third-order valence-corrected chi connectivity index (χ3v) is 4.44. The number of nitrogens with zero attached hydrogens (tertiary/aromatic N) is 1. The van der Waals surface area contributed by atoms with Crippen molar-refractivity contribution in [2.24, 2.45) is 5.73 Å². The third kappa shape index (κ3) is 4.15. The molecule has 3 aromatic rings. The molecule has 0 unspecified atom stereocenters. The van der Waals surface area contributed by atoms with Gasteiger partial charge in [0.2, 0.25) is 0 Å². The molecule has 1 amide bonds. The monoisotopic (exact) mass is 333 g/mol. The Morgan fingerprint density at radius 2 is 1.48 bits per heavy atom. The first-order valence-corrected chi connectivity index (χ1v) is 8.50. The van der Waals surface area contributed by atoms with Crippen LogP contribution in [0.4, 0.5) is 0 Å². The van der Waals surface area contributed by atoms with Crippen LogP contribution in [0.15, 0.2) is 48.5 Å². The number of hydrogen-bond acceptors (Lipinski definition) is 2. The average molecular weight is 333 g/mol. The van der Waals surface area contributed by atoms with Crippen LogP contribution >= 0.6 is 0 Å². The molecule has 0 fully saturated rings. The van der Waals surface area contributed by atoms with E-state index in [1.807, 2.05) is 0 Å². The van der Waals surface area contributed by atoms with Gasteiger partial charge in [0.25, 0.3) is 5.91 Å². The molecule has 0 aliphatic heterocycles. The van der Waals surface area contributed by atoms with Crippen LogP contribution in [0, 0.1) is 13.8 Å². The maximum absolute atomic E-state index is 12.0. The molecule has 4 nitrogen and oxygen atoms in total. The summed E-state index contributed by atoms with van der Waals surface area (Å²) in [6.45, 7) is 4.12. The minimum absolute atomic E-state index is 0.422. The lowest BCUT2D eigenvalue weighted by Gasteiger charge is -2.04. The minimum atomic E-state index is -0.422. The Labute approximate surface area is 148 Å². The summed E-state index contributed by atoms with van der Waals surface area (Å²) in [7, 11) is 0. The number of benzene rings is 2. The van der Waals surface area contributed by atoms with Crippen LogP contribution in [0.2, 0.25) is 0 Å². The van der Waals surface area contributed by atoms with Crippen molar-refractivity contribution < 1.29 is 4.79 Å². The number of aromatic nitrogens is 2. The van der Waals surface area contributed by atoms with Crippen molar-refractivity contribution in [3.8, 4) is 0 Å². The zero-order valence-electron chi connectivity index (χ0n) is 14.7. The van der Waals surface area contributed by atoms with Crippen molar-refractivity contribution in [2.45, 2.75) is 33.1 Å². The molecule has 1 aromatic heterocycles. The fraction of sp³-hybridized carbons (Fsp3) is 0.238. The van der Waals surface area contributed by atoms with E-state index in [-0.39, 0.29) is 0 Å². The molecule has 4 heteroatoms. The largest absolute Gasteiger partial charge is 0.365 e. The fourth-order valence-electron chi connectivity index (χ4n) is 2.95. The minimum Gasteiger partial charge on any atom is -0.365 e. The fourth-order valence-corrected chi connectivity index (χ4v) is 2.95. The number of aryl methyl sites for hydroxylation is 4. The second-order valence-electron chi connectivity index (χ2n) is 6.54. The first kappa shape index (κ1) is 17.0. The number of aromatic amines is 1. The maximum Gasteiger partial charge on any atom is 0.252 e. The number of primary amides is 1. The Morgan fingerprint density at radius 1 is 0.920 bits per heavy atom. The summed E-state index contributed by atoms with van der Waals surface area (Å²) in [5.74, 6) is -0.422. The predicted octanol–water partition coefficient (Wildman–Crippen LogP) is 3.50. The number of nitrogens with one attached hydrogen (secondary N) is 1. The zero-order valence-corrected chi connectivity index (χ0v) is 14.7. The summed E-state index contributed by atoms with van der Waals surface area (Å²) in [5, 5.41) is 7.37. The quantitative estimate of drug-likeness (QED) is 0.724. The third-order valence-electron chi connectivity index (χ3n) is 4.44. The van der Waals surface area contributed by atoms with Crippen molar-refractivity contribution in [3.63, 3.8) is 0 Å². The van der Waals surface area contributed by atoms with Crippen molar-refractivity contribution in [2.75, 3.05) is 0 Å². The Bertz CT molecular complexity index is 861. The predicted molar refractivity (Wildman–Crippen MR) is 99.7 cm³/mol. The summed E-state index contributed by atoms with van der Waals surface area (Å²) >= 11 is 0. The van der Waals surface area contributed by atoms with Crippen LogP contribution in [-0.4, -0.2) is 16.1 Å². The first-order chi connectivity index (χ1) is 12.0. The van der Waals surface area contributed by atoms with Gasteiger partial charge in [0, 0.05) is 6.42 Å². The van der Waals surface area contributed by atoms with Gasteiger partial charge in [-0.1, -0.05) is 59.7 Å². The van der Waals surface area contributed by atoms with Crippen LogP contribution in [0.25, 0.3) is 0 Å². The van der Waals surface area contributed by atoms with Crippen molar-refractivity contribution in [1.82, 2.24) is 10.2 Å². The van der Waals surface area contributed by atoms with Gasteiger partial charge in [-0.3, -0.25) is 9.89 Å². The molecule has 0 bridgehead atoms. The van der Waals surface area contributed by atoms with E-state index in [9.17, 15) is 4.79 Å². The van der Waals surface area contributed by atoms with Crippen molar-refractivity contribution >= 4 is 5.91 Å². The van der Waals surface area contributed by atoms with Gasteiger partial charge in [-0.25, -0.2) is 0 Å². The summed E-state index contributed by atoms with van der Waals surface area (Å²) in [5.41, 5.74) is 12.5. The molecular weight excluding hydrogens is 310 g/mol. The van der Waals surface area contributed by atoms with Crippen LogP contribution in [-0.2, 0) is 19.3 Å². The molecule has 3 N–H and O–H groups in total. The number of hydrogen-bond donors (Lipinski definition) is 2. The highest BCUT2D eigenvalue weighted by molar-refractivity contribution is 5.95. The van der Waals surface area contributed by atoms with Gasteiger partial charge in [0.15, 0.2) is 0 Å². The Hall–Kier alpha value is -2.88. The van der Waals surface area contributed by atoms with Gasteiger partial charge in [0.1, 0.15) is 0 Å². The van der Waals surface area contributed by atoms with E-state index in [0.717, 1.165) is 23.4 Å². The molecule has 0 aliphatic carbocycles. The zero-order chi connectivity index (χ0) is 17.8. The summed E-state index contributed by atoms with van der Waals surface area (Å²) in [6.07, 6.45) is 2.14. The number of amides is 1. The van der Waals surface area contributed by atoms with Gasteiger partial charge in [-0.2, -0.15) is 5.10 Å². The molecule has 0 atom stereocenters. The summed E-state index contributed by atoms with van der Waals surface area (Å²) in [6, 6.07) is 16.7. The van der Waals surface area contributed by atoms with E-state index >= 15 is 0 Å². The van der Waals surface area contributed by atoms with E-state index in [1.165, 1.54) is 16.7 Å². The van der Waals surface area contributed by atoms with Gasteiger partial charge >= 0.3 is 0 Å². The molecule has 0 spiro atoms. The Morgan fingerprint density at radius 3 is 2.04 bits per heavy atom. The van der Waals surface area contributed by atoms with E-state index in [0.29, 0.717) is 18.4 Å². The van der Waals surface area contributed by atoms with Gasteiger partial charge < -0.3 is 5.73 Å². The van der Waals surface area contributed by atoms with Crippen LogP contribution in [0.1, 0.15) is 44.0 Å². The van der Waals surface area contributed by atoms with Gasteiger partial charge in [-0.05, 0) is 37.8 Å². The molecule has 0 saturated carbocycles. The molecule has 0 saturated heterocycles. The molecule has 0 radical (unpaired) electrons. The normalized spacial score (nSPS) is 10.8. The number of nitrogens with two attached hydrogens (primary N) is 1. The Kier molecular flexibility index (Phi) is 4.98. The number of H-pyrrole nitrogens is 1. The highest BCUT2D eigenvalue weighted by atomic mass is 16.1. The molecule has 0 aliphatic rings. The first-order valence-electron chi connectivity index (χ1n) is 8.50. The van der Waals surface area contributed by atoms with E-state index < -0.39 is 5.91 Å². The molecular formula is C21H23N3O. The highest BCUT2D eigenvalue weighted by Crippen LogP contribution is 2.18. The highest BCUT2D eigenvalue weighted by Gasteiger charge is 2.18. The smallest absolute Gasteiger partial charge is 0.252 e. The van der Waals surface area contributed by atoms with Crippen LogP contribution < -0.4 is 5.73 Å². The molecule has 3 rings (SSSR count). The second kappa shape index (κ2) is 7.34. The summed E-state index contributed by atoms with van der Waals surface area (Å²) in [4.78, 5) is 12.0. The number of carbonyl (C=O) groups excluding carboxylic acids is 1. The molecule has 128 valence electrons. The maximum atomic E-state index is 12.0. The lowest BCUT2D eigenvalue weighted by Crippen LogP contribution is -2.15. The lowest BCUT2D eigenvalue weighted by atomic mass is 10.0. The molecule has 2 aromatic carbocycles. The van der Waals surface area contributed by atoms with Crippen LogP contribution in [0.3, 0.4) is 0 Å². The second-order valence-corrected chi connectivity index (χ2v) is 6.54. The Balaban J connectivity index is 1.78.